The van der Waals surface area contributed by atoms with Crippen molar-refractivity contribution in [3.63, 3.8) is 0 Å². The lowest BCUT2D eigenvalue weighted by Gasteiger charge is -2.10. The summed E-state index contributed by atoms with van der Waals surface area (Å²) in [6.07, 6.45) is 1.74. The van der Waals surface area contributed by atoms with Gasteiger partial charge in [-0.3, -0.25) is 4.79 Å². The number of hydrogen-bond donors (Lipinski definition) is 0. The van der Waals surface area contributed by atoms with Gasteiger partial charge in [0.1, 0.15) is 11.5 Å². The molecule has 0 fully saturated rings. The molecular weight excluding hydrogens is 392 g/mol. The monoisotopic (exact) mass is 406 g/mol. The van der Waals surface area contributed by atoms with Crippen LogP contribution >= 0.6 is 15.9 Å². The molecule has 0 bridgehead atoms. The van der Waals surface area contributed by atoms with Crippen LogP contribution in [0.4, 0.5) is 5.69 Å². The Morgan fingerprint density at radius 3 is 2.46 bits per heavy atom. The minimum atomic E-state index is -0.157. The predicted molar refractivity (Wildman–Crippen MR) is 107 cm³/mol. The van der Waals surface area contributed by atoms with Crippen LogP contribution in [-0.4, -0.2) is 11.6 Å². The number of hydrogen-bond acceptors (Lipinski definition) is 3. The van der Waals surface area contributed by atoms with Crippen LogP contribution in [0.25, 0.3) is 17.4 Å². The van der Waals surface area contributed by atoms with Crippen LogP contribution in [0.1, 0.15) is 12.7 Å². The minimum absolute atomic E-state index is 0.157. The van der Waals surface area contributed by atoms with Crippen molar-refractivity contribution in [1.29, 1.82) is 0 Å². The summed E-state index contributed by atoms with van der Waals surface area (Å²) >= 11 is 3.42. The van der Waals surface area contributed by atoms with E-state index < -0.39 is 0 Å². The zero-order valence-corrected chi connectivity index (χ0v) is 15.6. The number of carbonyl (C=O) groups excluding carboxylic acids is 1. The van der Waals surface area contributed by atoms with Crippen molar-refractivity contribution in [2.75, 3.05) is 5.01 Å². The fourth-order valence-corrected chi connectivity index (χ4v) is 3.03. The van der Waals surface area contributed by atoms with E-state index in [-0.39, 0.29) is 5.91 Å². The summed E-state index contributed by atoms with van der Waals surface area (Å²) in [4.78, 5) is 12.7. The Labute approximate surface area is 159 Å². The minimum Gasteiger partial charge on any atom is -0.457 e. The largest absolute Gasteiger partial charge is 0.457 e. The lowest BCUT2D eigenvalue weighted by atomic mass is 10.1. The fraction of sp³-hybridized carbons (Fsp3) is 0.0476. The van der Waals surface area contributed by atoms with Crippen molar-refractivity contribution >= 4 is 39.3 Å². The summed E-state index contributed by atoms with van der Waals surface area (Å²) < 4.78 is 6.91. The highest BCUT2D eigenvalue weighted by molar-refractivity contribution is 9.10. The number of para-hydroxylation sites is 1. The van der Waals surface area contributed by atoms with Crippen molar-refractivity contribution in [3.8, 4) is 11.3 Å². The molecule has 0 radical (unpaired) electrons. The summed E-state index contributed by atoms with van der Waals surface area (Å²) in [5, 5.41) is 5.79. The summed E-state index contributed by atoms with van der Waals surface area (Å²) in [7, 11) is 0. The molecule has 2 heterocycles. The molecule has 0 spiro atoms. The van der Waals surface area contributed by atoms with Crippen molar-refractivity contribution in [2.45, 2.75) is 6.92 Å². The quantitative estimate of drug-likeness (QED) is 0.537. The van der Waals surface area contributed by atoms with Gasteiger partial charge in [0.15, 0.2) is 0 Å². The Hall–Kier alpha value is -2.92. The van der Waals surface area contributed by atoms with Crippen molar-refractivity contribution < 1.29 is 9.21 Å². The van der Waals surface area contributed by atoms with E-state index in [1.54, 1.807) is 6.08 Å². The van der Waals surface area contributed by atoms with E-state index in [1.165, 1.54) is 5.01 Å². The maximum absolute atomic E-state index is 12.7. The Morgan fingerprint density at radius 1 is 1.00 bits per heavy atom. The highest BCUT2D eigenvalue weighted by Crippen LogP contribution is 2.28. The second-order valence-electron chi connectivity index (χ2n) is 5.90. The number of halogens is 1. The van der Waals surface area contributed by atoms with E-state index in [4.69, 9.17) is 4.42 Å². The Balaban J connectivity index is 1.62. The molecule has 0 aliphatic carbocycles. The van der Waals surface area contributed by atoms with Gasteiger partial charge in [-0.2, -0.15) is 10.1 Å². The lowest BCUT2D eigenvalue weighted by Crippen LogP contribution is -2.21. The van der Waals surface area contributed by atoms with Crippen LogP contribution in [-0.2, 0) is 4.79 Å². The highest BCUT2D eigenvalue weighted by atomic mass is 79.9. The Kier molecular flexibility index (Phi) is 4.31. The van der Waals surface area contributed by atoms with Gasteiger partial charge in [-0.15, -0.1) is 0 Å². The number of benzene rings is 2. The SMILES string of the molecule is CC1=NN(c2ccccc2)C(=O)/C1=C\c1ccc(-c2ccc(Br)cc2)o1. The van der Waals surface area contributed by atoms with Crippen molar-refractivity contribution in [1.82, 2.24) is 0 Å². The zero-order chi connectivity index (χ0) is 18.1. The van der Waals surface area contributed by atoms with E-state index in [0.717, 1.165) is 21.5 Å². The van der Waals surface area contributed by atoms with Gasteiger partial charge in [-0.05, 0) is 49.4 Å². The molecule has 3 aromatic rings. The van der Waals surface area contributed by atoms with Crippen LogP contribution in [0.5, 0.6) is 0 Å². The van der Waals surface area contributed by atoms with Crippen LogP contribution in [0.3, 0.4) is 0 Å². The fourth-order valence-electron chi connectivity index (χ4n) is 2.77. The highest BCUT2D eigenvalue weighted by Gasteiger charge is 2.28. The molecular formula is C21H15BrN2O2. The van der Waals surface area contributed by atoms with Gasteiger partial charge in [-0.25, -0.2) is 0 Å². The molecule has 26 heavy (non-hydrogen) atoms. The smallest absolute Gasteiger partial charge is 0.280 e. The molecule has 2 aromatic carbocycles. The number of hydrazone groups is 1. The third-order valence-corrected chi connectivity index (χ3v) is 4.63. The number of rotatable bonds is 3. The van der Waals surface area contributed by atoms with Crippen molar-refractivity contribution in [2.24, 2.45) is 5.10 Å². The van der Waals surface area contributed by atoms with E-state index in [2.05, 4.69) is 21.0 Å². The zero-order valence-electron chi connectivity index (χ0n) is 14.0. The molecule has 0 N–H and O–H groups in total. The number of nitrogens with zero attached hydrogens (tertiary/aromatic N) is 2. The van der Waals surface area contributed by atoms with Crippen LogP contribution in [0.15, 0.2) is 86.3 Å². The number of amides is 1. The average molecular weight is 407 g/mol. The molecule has 1 aliphatic rings. The average Bonchev–Trinajstić information content (AvgIpc) is 3.23. The molecule has 4 nitrogen and oxygen atoms in total. The molecule has 0 atom stereocenters. The van der Waals surface area contributed by atoms with Gasteiger partial charge in [0.05, 0.1) is 17.0 Å². The molecule has 128 valence electrons. The van der Waals surface area contributed by atoms with Gasteiger partial charge in [0, 0.05) is 10.0 Å². The van der Waals surface area contributed by atoms with Gasteiger partial charge in [0.2, 0.25) is 0 Å². The molecule has 1 aliphatic heterocycles. The third kappa shape index (κ3) is 3.13. The van der Waals surface area contributed by atoms with E-state index in [1.807, 2.05) is 73.7 Å². The van der Waals surface area contributed by atoms with Gasteiger partial charge in [-0.1, -0.05) is 46.3 Å². The molecule has 1 aromatic heterocycles. The van der Waals surface area contributed by atoms with Crippen molar-refractivity contribution in [3.05, 3.63) is 82.5 Å². The van der Waals surface area contributed by atoms with Gasteiger partial charge >= 0.3 is 0 Å². The summed E-state index contributed by atoms with van der Waals surface area (Å²) in [5.41, 5.74) is 2.92. The molecule has 0 saturated carbocycles. The topological polar surface area (TPSA) is 45.8 Å². The first-order valence-corrected chi connectivity index (χ1v) is 8.94. The number of furan rings is 1. The molecule has 4 rings (SSSR count). The molecule has 0 unspecified atom stereocenters. The first-order chi connectivity index (χ1) is 12.6. The van der Waals surface area contributed by atoms with E-state index in [0.29, 0.717) is 17.0 Å². The second kappa shape index (κ2) is 6.77. The Morgan fingerprint density at radius 2 is 1.73 bits per heavy atom. The maximum Gasteiger partial charge on any atom is 0.280 e. The van der Waals surface area contributed by atoms with Crippen LogP contribution in [0.2, 0.25) is 0 Å². The second-order valence-corrected chi connectivity index (χ2v) is 6.82. The van der Waals surface area contributed by atoms with Gasteiger partial charge in [0.25, 0.3) is 5.91 Å². The van der Waals surface area contributed by atoms with E-state index >= 15 is 0 Å². The van der Waals surface area contributed by atoms with E-state index in [9.17, 15) is 4.79 Å². The first kappa shape index (κ1) is 16.5. The number of carbonyl (C=O) groups is 1. The maximum atomic E-state index is 12.7. The Bertz CT molecular complexity index is 1020. The summed E-state index contributed by atoms with van der Waals surface area (Å²) in [5.74, 6) is 1.22. The summed E-state index contributed by atoms with van der Waals surface area (Å²) in [6.45, 7) is 1.82. The van der Waals surface area contributed by atoms with Crippen LogP contribution < -0.4 is 5.01 Å². The summed E-state index contributed by atoms with van der Waals surface area (Å²) in [6, 6.07) is 21.0. The first-order valence-electron chi connectivity index (χ1n) is 8.14. The molecule has 1 amide bonds. The molecule has 0 saturated heterocycles. The van der Waals surface area contributed by atoms with Crippen LogP contribution in [0, 0.1) is 0 Å². The van der Waals surface area contributed by atoms with Gasteiger partial charge < -0.3 is 4.42 Å². The number of anilines is 1. The normalized spacial score (nSPS) is 15.6. The predicted octanol–water partition coefficient (Wildman–Crippen LogP) is 5.52. The lowest BCUT2D eigenvalue weighted by molar-refractivity contribution is -0.114. The third-order valence-electron chi connectivity index (χ3n) is 4.11. The molecule has 5 heteroatoms. The standard InChI is InChI=1S/C21H15BrN2O2/c1-14-19(21(25)24(23-14)17-5-3-2-4-6-17)13-18-11-12-20(26-18)15-7-9-16(22)10-8-15/h2-13H,1H3/b19-13-.